The summed E-state index contributed by atoms with van der Waals surface area (Å²) in [6, 6.07) is 4.93. The summed E-state index contributed by atoms with van der Waals surface area (Å²) in [5, 5.41) is 5.27. The highest BCUT2D eigenvalue weighted by Crippen LogP contribution is 2.17. The van der Waals surface area contributed by atoms with Crippen LogP contribution in [-0.4, -0.2) is 35.6 Å². The van der Waals surface area contributed by atoms with Crippen LogP contribution in [0, 0.1) is 13.8 Å². The molecule has 1 heterocycles. The molecule has 0 spiro atoms. The van der Waals surface area contributed by atoms with Crippen LogP contribution in [0.25, 0.3) is 11.0 Å². The van der Waals surface area contributed by atoms with E-state index < -0.39 is 0 Å². The number of fused-ring (bicyclic) bond motifs is 1. The van der Waals surface area contributed by atoms with Crippen molar-refractivity contribution in [3.8, 4) is 0 Å². The first-order chi connectivity index (χ1) is 10.5. The number of esters is 1. The van der Waals surface area contributed by atoms with Crippen molar-refractivity contribution in [3.05, 3.63) is 29.6 Å². The quantitative estimate of drug-likeness (QED) is 0.842. The molecule has 0 aliphatic heterocycles. The first-order valence-electron chi connectivity index (χ1n) is 6.86. The van der Waals surface area contributed by atoms with Gasteiger partial charge in [0.2, 0.25) is 0 Å². The van der Waals surface area contributed by atoms with Crippen molar-refractivity contribution in [2.45, 2.75) is 20.3 Å². The lowest BCUT2D eigenvalue weighted by molar-refractivity contribution is -0.140. The third-order valence-corrected chi connectivity index (χ3v) is 3.18. The Kier molecular flexibility index (Phi) is 4.88. The van der Waals surface area contributed by atoms with Gasteiger partial charge in [-0.1, -0.05) is 0 Å². The maximum absolute atomic E-state index is 11.7. The molecule has 116 valence electrons. The molecule has 22 heavy (non-hydrogen) atoms. The molecule has 2 rings (SSSR count). The smallest absolute Gasteiger partial charge is 0.319 e. The highest BCUT2D eigenvalue weighted by Gasteiger charge is 2.06. The van der Waals surface area contributed by atoms with Crippen LogP contribution in [0.3, 0.4) is 0 Å². The lowest BCUT2D eigenvalue weighted by Gasteiger charge is -2.08. The van der Waals surface area contributed by atoms with E-state index in [1.807, 2.05) is 13.8 Å². The molecule has 0 aliphatic carbocycles. The third kappa shape index (κ3) is 3.91. The summed E-state index contributed by atoms with van der Waals surface area (Å²) in [5.74, 6) is -0.368. The van der Waals surface area contributed by atoms with Crippen molar-refractivity contribution in [1.82, 2.24) is 15.3 Å². The zero-order valence-corrected chi connectivity index (χ0v) is 12.8. The Morgan fingerprint density at radius 2 is 1.82 bits per heavy atom. The molecular weight excluding hydrogens is 284 g/mol. The number of ether oxygens (including phenoxy) is 1. The van der Waals surface area contributed by atoms with Gasteiger partial charge in [-0.2, -0.15) is 0 Å². The van der Waals surface area contributed by atoms with Gasteiger partial charge in [-0.15, -0.1) is 0 Å². The molecule has 1 aromatic carbocycles. The molecule has 1 aromatic heterocycles. The van der Waals surface area contributed by atoms with E-state index in [1.165, 1.54) is 7.11 Å². The normalized spacial score (nSPS) is 10.3. The fourth-order valence-corrected chi connectivity index (χ4v) is 1.86. The number of anilines is 1. The number of benzene rings is 1. The van der Waals surface area contributed by atoms with Crippen molar-refractivity contribution in [2.75, 3.05) is 19.0 Å². The van der Waals surface area contributed by atoms with Crippen molar-refractivity contribution in [2.24, 2.45) is 0 Å². The Morgan fingerprint density at radius 1 is 1.14 bits per heavy atom. The minimum atomic E-state index is -0.389. The molecule has 7 nitrogen and oxygen atoms in total. The van der Waals surface area contributed by atoms with Gasteiger partial charge in [-0.3, -0.25) is 4.79 Å². The number of aryl methyl sites for hydroxylation is 2. The number of urea groups is 1. The Balaban J connectivity index is 2.00. The molecule has 0 saturated heterocycles. The second-order valence-corrected chi connectivity index (χ2v) is 4.80. The summed E-state index contributed by atoms with van der Waals surface area (Å²) in [5.41, 5.74) is 3.84. The van der Waals surface area contributed by atoms with Crippen LogP contribution >= 0.6 is 0 Å². The number of nitrogens with one attached hydrogen (secondary N) is 2. The van der Waals surface area contributed by atoms with E-state index in [0.29, 0.717) is 5.69 Å². The van der Waals surface area contributed by atoms with Crippen LogP contribution in [0.15, 0.2) is 18.2 Å². The van der Waals surface area contributed by atoms with E-state index in [0.717, 1.165) is 22.4 Å². The number of hydrogen-bond donors (Lipinski definition) is 2. The van der Waals surface area contributed by atoms with E-state index in [4.69, 9.17) is 0 Å². The molecule has 0 fully saturated rings. The number of methoxy groups -OCH3 is 1. The molecule has 0 aliphatic rings. The molecule has 7 heteroatoms. The van der Waals surface area contributed by atoms with Gasteiger partial charge in [-0.05, 0) is 32.0 Å². The fourth-order valence-electron chi connectivity index (χ4n) is 1.86. The van der Waals surface area contributed by atoms with E-state index in [2.05, 4.69) is 25.3 Å². The predicted molar refractivity (Wildman–Crippen MR) is 82.7 cm³/mol. The number of carbonyl (C=O) groups is 2. The van der Waals surface area contributed by atoms with Gasteiger partial charge < -0.3 is 15.4 Å². The summed E-state index contributed by atoms with van der Waals surface area (Å²) >= 11 is 0. The van der Waals surface area contributed by atoms with Crippen LogP contribution in [-0.2, 0) is 9.53 Å². The van der Waals surface area contributed by atoms with Gasteiger partial charge in [0.05, 0.1) is 36.0 Å². The highest BCUT2D eigenvalue weighted by molar-refractivity contribution is 5.92. The molecule has 0 saturated carbocycles. The molecule has 2 amide bonds. The second-order valence-electron chi connectivity index (χ2n) is 4.80. The fraction of sp³-hybridized carbons (Fsp3) is 0.333. The Hall–Kier alpha value is -2.70. The molecule has 2 N–H and O–H groups in total. The predicted octanol–water partition coefficient (Wildman–Crippen LogP) is 1.93. The summed E-state index contributed by atoms with van der Waals surface area (Å²) in [6.45, 7) is 4.01. The number of nitrogens with zero attached hydrogens (tertiary/aromatic N) is 2. The zero-order chi connectivity index (χ0) is 16.1. The number of hydrogen-bond acceptors (Lipinski definition) is 5. The molecule has 2 aromatic rings. The first-order valence-corrected chi connectivity index (χ1v) is 6.86. The highest BCUT2D eigenvalue weighted by atomic mass is 16.5. The van der Waals surface area contributed by atoms with Crippen LogP contribution < -0.4 is 10.6 Å². The second kappa shape index (κ2) is 6.84. The van der Waals surface area contributed by atoms with Crippen LogP contribution in [0.4, 0.5) is 10.5 Å². The Labute approximate surface area is 128 Å². The number of amides is 2. The van der Waals surface area contributed by atoms with Gasteiger partial charge >= 0.3 is 12.0 Å². The largest absolute Gasteiger partial charge is 0.469 e. The number of carbonyl (C=O) groups excluding carboxylic acids is 2. The molecule has 0 bridgehead atoms. The maximum atomic E-state index is 11.7. The topological polar surface area (TPSA) is 93.2 Å². The van der Waals surface area contributed by atoms with E-state index in [-0.39, 0.29) is 25.0 Å². The van der Waals surface area contributed by atoms with Crippen LogP contribution in [0.5, 0.6) is 0 Å². The molecule has 0 radical (unpaired) electrons. The van der Waals surface area contributed by atoms with E-state index >= 15 is 0 Å². The minimum Gasteiger partial charge on any atom is -0.469 e. The summed E-state index contributed by atoms with van der Waals surface area (Å²) < 4.78 is 4.49. The van der Waals surface area contributed by atoms with Crippen LogP contribution in [0.2, 0.25) is 0 Å². The number of rotatable bonds is 4. The Morgan fingerprint density at radius 3 is 2.50 bits per heavy atom. The van der Waals surface area contributed by atoms with Gasteiger partial charge in [0.1, 0.15) is 0 Å². The van der Waals surface area contributed by atoms with Crippen molar-refractivity contribution in [1.29, 1.82) is 0 Å². The number of aromatic nitrogens is 2. The van der Waals surface area contributed by atoms with E-state index in [9.17, 15) is 9.59 Å². The zero-order valence-electron chi connectivity index (χ0n) is 12.8. The summed E-state index contributed by atoms with van der Waals surface area (Å²) in [6.07, 6.45) is 0.131. The lowest BCUT2D eigenvalue weighted by Crippen LogP contribution is -2.30. The van der Waals surface area contributed by atoms with Crippen LogP contribution in [0.1, 0.15) is 17.8 Å². The average Bonchev–Trinajstić information content (AvgIpc) is 2.48. The maximum Gasteiger partial charge on any atom is 0.319 e. The van der Waals surface area contributed by atoms with Gasteiger partial charge in [0.25, 0.3) is 0 Å². The summed E-state index contributed by atoms with van der Waals surface area (Å²) in [7, 11) is 1.31. The average molecular weight is 302 g/mol. The van der Waals surface area contributed by atoms with Gasteiger partial charge in [0, 0.05) is 12.2 Å². The summed E-state index contributed by atoms with van der Waals surface area (Å²) in [4.78, 5) is 31.6. The van der Waals surface area contributed by atoms with E-state index in [1.54, 1.807) is 18.2 Å². The lowest BCUT2D eigenvalue weighted by atomic mass is 10.2. The first kappa shape index (κ1) is 15.7. The monoisotopic (exact) mass is 302 g/mol. The molecule has 0 atom stereocenters. The SMILES string of the molecule is COC(=O)CCNC(=O)Nc1ccc2nc(C)c(C)nc2c1. The minimum absolute atomic E-state index is 0.131. The van der Waals surface area contributed by atoms with Gasteiger partial charge in [-0.25, -0.2) is 14.8 Å². The molecular formula is C15H18N4O3. The Bertz CT molecular complexity index is 715. The van der Waals surface area contributed by atoms with Crippen molar-refractivity contribution >= 4 is 28.7 Å². The van der Waals surface area contributed by atoms with Gasteiger partial charge in [0.15, 0.2) is 0 Å². The molecule has 0 unspecified atom stereocenters. The third-order valence-electron chi connectivity index (χ3n) is 3.18. The van der Waals surface area contributed by atoms with Crippen molar-refractivity contribution < 1.29 is 14.3 Å². The van der Waals surface area contributed by atoms with Crippen molar-refractivity contribution in [3.63, 3.8) is 0 Å². The standard InChI is InChI=1S/C15H18N4O3/c1-9-10(2)18-13-8-11(4-5-12(13)17-9)19-15(21)16-7-6-14(20)22-3/h4-5,8H,6-7H2,1-3H3,(H2,16,19,21).